The van der Waals surface area contributed by atoms with Crippen LogP contribution in [0.1, 0.15) is 48.5 Å². The highest BCUT2D eigenvalue weighted by atomic mass is 16.7. The average Bonchev–Trinajstić information content (AvgIpc) is 2.59. The number of rotatable bonds is 4. The van der Waals surface area contributed by atoms with Gasteiger partial charge in [-0.2, -0.15) is 0 Å². The summed E-state index contributed by atoms with van der Waals surface area (Å²) >= 11 is 0. The molecule has 2 unspecified atom stereocenters. The fourth-order valence-electron chi connectivity index (χ4n) is 2.15. The zero-order valence-corrected chi connectivity index (χ0v) is 10.9. The Morgan fingerprint density at radius 3 is 2.00 bits per heavy atom. The van der Waals surface area contributed by atoms with Crippen molar-refractivity contribution >= 4 is 0 Å². The van der Waals surface area contributed by atoms with Crippen molar-refractivity contribution in [3.05, 3.63) is 0 Å². The van der Waals surface area contributed by atoms with Gasteiger partial charge in [0, 0.05) is 0 Å². The van der Waals surface area contributed by atoms with E-state index in [0.717, 1.165) is 0 Å². The molecule has 0 aromatic rings. The van der Waals surface area contributed by atoms with Crippen molar-refractivity contribution in [3.8, 4) is 0 Å². The largest absolute Gasteiger partial charge is 0.387 e. The maximum Gasteiger partial charge on any atom is 0.123 e. The molecule has 0 aromatic heterocycles. The number of aliphatic hydroxyl groups is 1. The van der Waals surface area contributed by atoms with Crippen LogP contribution in [0.3, 0.4) is 0 Å². The molecule has 1 heterocycles. The number of epoxide rings is 1. The van der Waals surface area contributed by atoms with Crippen LogP contribution in [0.25, 0.3) is 0 Å². The summed E-state index contributed by atoms with van der Waals surface area (Å²) < 4.78 is 11.5. The molecule has 3 heteroatoms. The fourth-order valence-corrected chi connectivity index (χ4v) is 2.15. The lowest BCUT2D eigenvalue weighted by Crippen LogP contribution is -2.46. The van der Waals surface area contributed by atoms with Gasteiger partial charge in [0.2, 0.25) is 0 Å². The predicted octanol–water partition coefficient (Wildman–Crippen LogP) is 2.12. The van der Waals surface area contributed by atoms with Crippen LogP contribution in [0.2, 0.25) is 0 Å². The molecule has 0 radical (unpaired) electrons. The van der Waals surface area contributed by atoms with Crippen LogP contribution in [0.4, 0.5) is 0 Å². The zero-order chi connectivity index (χ0) is 12.1. The average molecular weight is 216 g/mol. The van der Waals surface area contributed by atoms with Crippen molar-refractivity contribution < 1.29 is 14.6 Å². The van der Waals surface area contributed by atoms with Crippen LogP contribution >= 0.6 is 0 Å². The molecule has 1 aliphatic heterocycles. The van der Waals surface area contributed by atoms with Gasteiger partial charge in [-0.25, -0.2) is 0 Å². The summed E-state index contributed by atoms with van der Waals surface area (Å²) in [6.07, 6.45) is 0.114. The van der Waals surface area contributed by atoms with Gasteiger partial charge < -0.3 is 14.6 Å². The van der Waals surface area contributed by atoms with Crippen LogP contribution in [0, 0.1) is 0 Å². The SMILES string of the molecule is CC(C)OC(C)(C)C1OC1(C)C(C)(C)O. The highest BCUT2D eigenvalue weighted by molar-refractivity contribution is 5.15. The molecule has 0 amide bonds. The first-order chi connectivity index (χ1) is 6.51. The van der Waals surface area contributed by atoms with Crippen molar-refractivity contribution in [1.82, 2.24) is 0 Å². The lowest BCUT2D eigenvalue weighted by atomic mass is 9.83. The first-order valence-corrected chi connectivity index (χ1v) is 5.59. The minimum Gasteiger partial charge on any atom is -0.387 e. The van der Waals surface area contributed by atoms with E-state index >= 15 is 0 Å². The second-order valence-electron chi connectivity index (χ2n) is 5.93. The second-order valence-corrected chi connectivity index (χ2v) is 5.93. The Morgan fingerprint density at radius 1 is 1.27 bits per heavy atom. The van der Waals surface area contributed by atoms with Gasteiger partial charge in [-0.15, -0.1) is 0 Å². The third-order valence-corrected chi connectivity index (χ3v) is 3.19. The molecule has 1 N–H and O–H groups in total. The van der Waals surface area contributed by atoms with Gasteiger partial charge in [-0.1, -0.05) is 0 Å². The van der Waals surface area contributed by atoms with Gasteiger partial charge in [-0.3, -0.25) is 0 Å². The summed E-state index contributed by atoms with van der Waals surface area (Å²) in [5.74, 6) is 0. The van der Waals surface area contributed by atoms with Crippen LogP contribution in [-0.4, -0.2) is 34.1 Å². The van der Waals surface area contributed by atoms with E-state index in [1.54, 1.807) is 13.8 Å². The normalized spacial score (nSPS) is 32.2. The maximum atomic E-state index is 10.0. The van der Waals surface area contributed by atoms with E-state index in [4.69, 9.17) is 9.47 Å². The predicted molar refractivity (Wildman–Crippen MR) is 59.9 cm³/mol. The molecule has 0 aliphatic carbocycles. The van der Waals surface area contributed by atoms with Gasteiger partial charge in [0.15, 0.2) is 0 Å². The van der Waals surface area contributed by atoms with Crippen molar-refractivity contribution in [2.45, 2.75) is 77.5 Å². The minimum atomic E-state index is -0.838. The molecule has 2 atom stereocenters. The van der Waals surface area contributed by atoms with Crippen molar-refractivity contribution in [2.24, 2.45) is 0 Å². The molecule has 0 saturated carbocycles. The Bertz CT molecular complexity index is 240. The minimum absolute atomic E-state index is 0.0487. The molecule has 1 saturated heterocycles. The lowest BCUT2D eigenvalue weighted by molar-refractivity contribution is -0.0724. The number of ether oxygens (including phenoxy) is 2. The summed E-state index contributed by atoms with van der Waals surface area (Å²) in [4.78, 5) is 0. The van der Waals surface area contributed by atoms with Crippen LogP contribution in [0.5, 0.6) is 0 Å². The van der Waals surface area contributed by atoms with Gasteiger partial charge in [0.1, 0.15) is 11.7 Å². The zero-order valence-electron chi connectivity index (χ0n) is 10.9. The standard InChI is InChI=1S/C12H24O3/c1-8(2)14-10(3,4)9-12(7,15-9)11(5,6)13/h8-9,13H,1-7H3. The van der Waals surface area contributed by atoms with E-state index in [2.05, 4.69) is 0 Å². The van der Waals surface area contributed by atoms with Gasteiger partial charge in [0.25, 0.3) is 0 Å². The molecule has 0 aromatic carbocycles. The van der Waals surface area contributed by atoms with Crippen molar-refractivity contribution in [2.75, 3.05) is 0 Å². The summed E-state index contributed by atoms with van der Waals surface area (Å²) in [6.45, 7) is 13.5. The Labute approximate surface area is 92.8 Å². The van der Waals surface area contributed by atoms with E-state index in [-0.39, 0.29) is 17.8 Å². The summed E-state index contributed by atoms with van der Waals surface area (Å²) in [7, 11) is 0. The third-order valence-electron chi connectivity index (χ3n) is 3.19. The molecule has 0 spiro atoms. The van der Waals surface area contributed by atoms with E-state index in [1.807, 2.05) is 34.6 Å². The highest BCUT2D eigenvalue weighted by Gasteiger charge is 2.67. The van der Waals surface area contributed by atoms with Crippen LogP contribution in [-0.2, 0) is 9.47 Å². The van der Waals surface area contributed by atoms with Gasteiger partial charge in [0.05, 0.1) is 17.3 Å². The molecular weight excluding hydrogens is 192 g/mol. The van der Waals surface area contributed by atoms with E-state index in [1.165, 1.54) is 0 Å². The molecular formula is C12H24O3. The summed E-state index contributed by atoms with van der Waals surface area (Å²) in [5.41, 5.74) is -1.69. The first-order valence-electron chi connectivity index (χ1n) is 5.59. The maximum absolute atomic E-state index is 10.0. The molecule has 1 aliphatic rings. The van der Waals surface area contributed by atoms with Crippen LogP contribution < -0.4 is 0 Å². The van der Waals surface area contributed by atoms with E-state index in [9.17, 15) is 5.11 Å². The Morgan fingerprint density at radius 2 is 1.73 bits per heavy atom. The first kappa shape index (κ1) is 12.9. The molecule has 1 fully saturated rings. The molecule has 3 nitrogen and oxygen atoms in total. The molecule has 0 bridgehead atoms. The van der Waals surface area contributed by atoms with Crippen LogP contribution in [0.15, 0.2) is 0 Å². The summed E-state index contributed by atoms with van der Waals surface area (Å²) in [6, 6.07) is 0. The second kappa shape index (κ2) is 3.44. The Balaban J connectivity index is 2.71. The Hall–Kier alpha value is -0.120. The van der Waals surface area contributed by atoms with E-state index in [0.29, 0.717) is 0 Å². The van der Waals surface area contributed by atoms with Gasteiger partial charge >= 0.3 is 0 Å². The lowest BCUT2D eigenvalue weighted by Gasteiger charge is -2.30. The van der Waals surface area contributed by atoms with Gasteiger partial charge in [-0.05, 0) is 48.5 Å². The Kier molecular flexibility index (Phi) is 2.97. The number of hydrogen-bond donors (Lipinski definition) is 1. The molecule has 1 rings (SSSR count). The number of hydrogen-bond acceptors (Lipinski definition) is 3. The fraction of sp³-hybridized carbons (Fsp3) is 1.00. The van der Waals surface area contributed by atoms with Crippen molar-refractivity contribution in [3.63, 3.8) is 0 Å². The topological polar surface area (TPSA) is 42.0 Å². The highest BCUT2D eigenvalue weighted by Crippen LogP contribution is 2.51. The summed E-state index contributed by atoms with van der Waals surface area (Å²) in [5, 5.41) is 10.0. The van der Waals surface area contributed by atoms with Crippen molar-refractivity contribution in [1.29, 1.82) is 0 Å². The monoisotopic (exact) mass is 216 g/mol. The molecule has 90 valence electrons. The van der Waals surface area contributed by atoms with E-state index < -0.39 is 11.2 Å². The molecule has 15 heavy (non-hydrogen) atoms. The third kappa shape index (κ3) is 2.35. The quantitative estimate of drug-likeness (QED) is 0.732. The smallest absolute Gasteiger partial charge is 0.123 e.